The number of nitrogens with one attached hydrogen (secondary N) is 2. The molecule has 33 heavy (non-hydrogen) atoms. The second-order valence-electron chi connectivity index (χ2n) is 8.20. The quantitative estimate of drug-likeness (QED) is 0.558. The van der Waals surface area contributed by atoms with Crippen LogP contribution in [0.15, 0.2) is 6.07 Å². The smallest absolute Gasteiger partial charge is 0.354 e. The fourth-order valence-corrected chi connectivity index (χ4v) is 4.52. The highest BCUT2D eigenvalue weighted by Crippen LogP contribution is 2.34. The Balaban J connectivity index is 1.87. The monoisotopic (exact) mass is 493 g/mol. The summed E-state index contributed by atoms with van der Waals surface area (Å²) >= 11 is 12.3. The minimum Gasteiger partial charge on any atom is -0.477 e. The fraction of sp³-hybridized carbons (Fsp3) is 0.455. The molecule has 2 aromatic heterocycles. The number of nitrogens with zero attached hydrogens (tertiary/aromatic N) is 3. The molecule has 3 heterocycles. The first-order chi connectivity index (χ1) is 15.6. The van der Waals surface area contributed by atoms with E-state index in [0.29, 0.717) is 41.5 Å². The molecule has 1 saturated heterocycles. The Hall–Kier alpha value is -2.80. The highest BCUT2D eigenvalue weighted by atomic mass is 35.5. The largest absolute Gasteiger partial charge is 0.477 e. The molecule has 0 aliphatic carbocycles. The number of nitriles is 1. The van der Waals surface area contributed by atoms with E-state index in [1.807, 2.05) is 24.8 Å². The number of aromatic carboxylic acids is 1. The van der Waals surface area contributed by atoms with E-state index in [-0.39, 0.29) is 46.1 Å². The lowest BCUT2D eigenvalue weighted by Gasteiger charge is -2.40. The summed E-state index contributed by atoms with van der Waals surface area (Å²) in [6.07, 6.45) is 0.138. The van der Waals surface area contributed by atoms with Gasteiger partial charge in [-0.2, -0.15) is 5.26 Å². The summed E-state index contributed by atoms with van der Waals surface area (Å²) in [6, 6.07) is 3.24. The summed E-state index contributed by atoms with van der Waals surface area (Å²) < 4.78 is 5.66. The van der Waals surface area contributed by atoms with Gasteiger partial charge in [0.2, 0.25) is 0 Å². The van der Waals surface area contributed by atoms with Gasteiger partial charge in [0, 0.05) is 37.1 Å². The molecule has 1 amide bonds. The number of carbonyl (C=O) groups excluding carboxylic acids is 1. The molecule has 1 fully saturated rings. The molecule has 3 N–H and O–H groups in total. The molecule has 176 valence electrons. The molecule has 1 aliphatic rings. The van der Waals surface area contributed by atoms with Crippen LogP contribution in [-0.2, 0) is 4.74 Å². The molecule has 0 spiro atoms. The van der Waals surface area contributed by atoms with Gasteiger partial charge in [-0.05, 0) is 25.3 Å². The molecular formula is C22H25Cl2N5O4. The predicted molar refractivity (Wildman–Crippen MR) is 124 cm³/mol. The number of carbonyl (C=O) groups is 2. The van der Waals surface area contributed by atoms with Gasteiger partial charge in [0.1, 0.15) is 17.5 Å². The Morgan fingerprint density at radius 3 is 2.61 bits per heavy atom. The standard InChI is InChI=1S/C22H25Cl2N5O4/c1-10(2)16-14(7-12(8-25)27-19(16)22(31)32)29-6-5-13(15(9-29)33-4)28-21(30)20-18(24)17(23)11(3)26-20/h7,10,13,15,26H,5-6,9H2,1-4H3,(H,28,30)(H,31,32). The van der Waals surface area contributed by atoms with Gasteiger partial charge in [0.15, 0.2) is 5.69 Å². The summed E-state index contributed by atoms with van der Waals surface area (Å²) in [7, 11) is 1.55. The number of ether oxygens (including phenoxy) is 1. The van der Waals surface area contributed by atoms with Crippen molar-refractivity contribution in [1.29, 1.82) is 5.26 Å². The van der Waals surface area contributed by atoms with Crippen molar-refractivity contribution in [3.63, 3.8) is 0 Å². The summed E-state index contributed by atoms with van der Waals surface area (Å²) in [5.74, 6) is -1.70. The third-order valence-corrected chi connectivity index (χ3v) is 6.68. The van der Waals surface area contributed by atoms with Crippen molar-refractivity contribution in [3.8, 4) is 6.07 Å². The maximum atomic E-state index is 12.8. The number of methoxy groups -OCH3 is 1. The van der Waals surface area contributed by atoms with Crippen LogP contribution in [0.5, 0.6) is 0 Å². The van der Waals surface area contributed by atoms with E-state index >= 15 is 0 Å². The van der Waals surface area contributed by atoms with Gasteiger partial charge in [-0.25, -0.2) is 9.78 Å². The summed E-state index contributed by atoms with van der Waals surface area (Å²) in [5, 5.41) is 22.5. The van der Waals surface area contributed by atoms with Gasteiger partial charge in [0.25, 0.3) is 5.91 Å². The predicted octanol–water partition coefficient (Wildman–Crippen LogP) is 3.74. The molecule has 11 heteroatoms. The number of carboxylic acid groups (broad SMARTS) is 1. The normalized spacial score (nSPS) is 18.3. The number of H-pyrrole nitrogens is 1. The zero-order valence-corrected chi connectivity index (χ0v) is 20.2. The van der Waals surface area contributed by atoms with Crippen LogP contribution in [0.3, 0.4) is 0 Å². The maximum Gasteiger partial charge on any atom is 0.354 e. The lowest BCUT2D eigenvalue weighted by atomic mass is 9.94. The first-order valence-corrected chi connectivity index (χ1v) is 11.1. The highest BCUT2D eigenvalue weighted by Gasteiger charge is 2.34. The molecule has 0 aromatic carbocycles. The number of aromatic amines is 1. The number of piperidine rings is 1. The molecule has 0 saturated carbocycles. The third-order valence-electron chi connectivity index (χ3n) is 5.73. The third kappa shape index (κ3) is 4.93. The number of rotatable bonds is 6. The first kappa shape index (κ1) is 24.8. The first-order valence-electron chi connectivity index (χ1n) is 10.4. The maximum absolute atomic E-state index is 12.8. The second kappa shape index (κ2) is 10.00. The lowest BCUT2D eigenvalue weighted by Crippen LogP contribution is -2.55. The van der Waals surface area contributed by atoms with Gasteiger partial charge < -0.3 is 25.0 Å². The van der Waals surface area contributed by atoms with Crippen LogP contribution < -0.4 is 10.2 Å². The Bertz CT molecular complexity index is 1120. The van der Waals surface area contributed by atoms with Crippen LogP contribution in [0, 0.1) is 18.3 Å². The molecular weight excluding hydrogens is 469 g/mol. The van der Waals surface area contributed by atoms with Gasteiger partial charge in [-0.3, -0.25) is 4.79 Å². The zero-order chi connectivity index (χ0) is 24.4. The number of carboxylic acids is 1. The van der Waals surface area contributed by atoms with Crippen LogP contribution in [0.2, 0.25) is 10.0 Å². The average molecular weight is 494 g/mol. The summed E-state index contributed by atoms with van der Waals surface area (Å²) in [4.78, 5) is 33.5. The number of aryl methyl sites for hydroxylation is 1. The van der Waals surface area contributed by atoms with Crippen LogP contribution in [-0.4, -0.2) is 59.3 Å². The van der Waals surface area contributed by atoms with Crippen LogP contribution in [0.4, 0.5) is 5.69 Å². The molecule has 0 radical (unpaired) electrons. The minimum atomic E-state index is -1.18. The van der Waals surface area contributed by atoms with Crippen molar-refractivity contribution < 1.29 is 19.4 Å². The number of aromatic nitrogens is 2. The number of hydrogen-bond acceptors (Lipinski definition) is 6. The average Bonchev–Trinajstić information content (AvgIpc) is 3.05. The van der Waals surface area contributed by atoms with Gasteiger partial charge in [-0.1, -0.05) is 37.0 Å². The zero-order valence-electron chi connectivity index (χ0n) is 18.7. The Morgan fingerprint density at radius 2 is 2.09 bits per heavy atom. The number of halogens is 2. The molecule has 0 bridgehead atoms. The van der Waals surface area contributed by atoms with Crippen molar-refractivity contribution in [2.45, 2.75) is 45.3 Å². The lowest BCUT2D eigenvalue weighted by molar-refractivity contribution is 0.0539. The van der Waals surface area contributed by atoms with Crippen LogP contribution in [0.25, 0.3) is 0 Å². The number of amides is 1. The fourth-order valence-electron chi connectivity index (χ4n) is 4.10. The second-order valence-corrected chi connectivity index (χ2v) is 8.96. The molecule has 3 rings (SSSR count). The molecule has 2 aromatic rings. The van der Waals surface area contributed by atoms with E-state index in [0.717, 1.165) is 0 Å². The van der Waals surface area contributed by atoms with Crippen molar-refractivity contribution in [2.24, 2.45) is 0 Å². The van der Waals surface area contributed by atoms with E-state index in [2.05, 4.69) is 15.3 Å². The van der Waals surface area contributed by atoms with E-state index in [4.69, 9.17) is 27.9 Å². The van der Waals surface area contributed by atoms with E-state index in [1.165, 1.54) is 0 Å². The SMILES string of the molecule is COC1CN(c2cc(C#N)nc(C(=O)O)c2C(C)C)CCC1NC(=O)c1[nH]c(C)c(Cl)c1Cl. The van der Waals surface area contributed by atoms with E-state index in [9.17, 15) is 20.0 Å². The Morgan fingerprint density at radius 1 is 1.39 bits per heavy atom. The van der Waals surface area contributed by atoms with Crippen molar-refractivity contribution >= 4 is 40.8 Å². The molecule has 1 aliphatic heterocycles. The Labute approximate surface area is 201 Å². The van der Waals surface area contributed by atoms with Gasteiger partial charge >= 0.3 is 5.97 Å². The number of pyridine rings is 1. The van der Waals surface area contributed by atoms with Crippen LogP contribution in [0.1, 0.15) is 64.1 Å². The Kier molecular flexibility index (Phi) is 7.52. The number of hydrogen-bond donors (Lipinski definition) is 3. The van der Waals surface area contributed by atoms with Crippen LogP contribution >= 0.6 is 23.2 Å². The number of anilines is 1. The minimum absolute atomic E-state index is 0.0322. The van der Waals surface area contributed by atoms with E-state index in [1.54, 1.807) is 20.1 Å². The van der Waals surface area contributed by atoms with E-state index < -0.39 is 5.97 Å². The molecule has 2 unspecified atom stereocenters. The molecule has 9 nitrogen and oxygen atoms in total. The van der Waals surface area contributed by atoms with Gasteiger partial charge in [0.05, 0.1) is 22.2 Å². The summed E-state index contributed by atoms with van der Waals surface area (Å²) in [5.41, 5.74) is 1.89. The molecule has 2 atom stereocenters. The highest BCUT2D eigenvalue weighted by molar-refractivity contribution is 6.44. The summed E-state index contributed by atoms with van der Waals surface area (Å²) in [6.45, 7) is 6.38. The van der Waals surface area contributed by atoms with Crippen molar-refractivity contribution in [1.82, 2.24) is 15.3 Å². The van der Waals surface area contributed by atoms with Crippen molar-refractivity contribution in [2.75, 3.05) is 25.1 Å². The van der Waals surface area contributed by atoms with Gasteiger partial charge in [-0.15, -0.1) is 0 Å². The van der Waals surface area contributed by atoms with Crippen molar-refractivity contribution in [3.05, 3.63) is 44.5 Å². The topological polar surface area (TPSA) is 131 Å².